The topological polar surface area (TPSA) is 81.2 Å². The Hall–Kier alpha value is -2.29. The van der Waals surface area contributed by atoms with Gasteiger partial charge in [-0.2, -0.15) is 0 Å². The van der Waals surface area contributed by atoms with Crippen molar-refractivity contribution in [1.29, 1.82) is 0 Å². The van der Waals surface area contributed by atoms with Crippen molar-refractivity contribution in [2.75, 3.05) is 7.11 Å². The Labute approximate surface area is 160 Å². The molecule has 26 heavy (non-hydrogen) atoms. The van der Waals surface area contributed by atoms with Gasteiger partial charge in [0.1, 0.15) is 5.75 Å². The summed E-state index contributed by atoms with van der Waals surface area (Å²) in [4.78, 5) is 8.93. The highest BCUT2D eigenvalue weighted by Gasteiger charge is 2.17. The third-order valence-corrected chi connectivity index (χ3v) is 6.00. The highest BCUT2D eigenvalue weighted by atomic mass is 79.9. The molecule has 2 aromatic heterocycles. The quantitative estimate of drug-likeness (QED) is 0.643. The SMILES string of the molecule is COc1cc(CNS(=O)(=O)c2ccccc2Br)nc(-c2ccccn2)c1. The van der Waals surface area contributed by atoms with Gasteiger partial charge < -0.3 is 4.74 Å². The van der Waals surface area contributed by atoms with Crippen LogP contribution in [0.15, 0.2) is 70.2 Å². The molecule has 0 amide bonds. The Morgan fingerprint density at radius 1 is 1.08 bits per heavy atom. The molecule has 8 heteroatoms. The minimum atomic E-state index is -3.68. The summed E-state index contributed by atoms with van der Waals surface area (Å²) in [5.74, 6) is 0.579. The largest absolute Gasteiger partial charge is 0.497 e. The van der Waals surface area contributed by atoms with Gasteiger partial charge in [-0.1, -0.05) is 18.2 Å². The van der Waals surface area contributed by atoms with Gasteiger partial charge in [-0.15, -0.1) is 0 Å². The maximum Gasteiger partial charge on any atom is 0.242 e. The molecule has 0 aliphatic rings. The van der Waals surface area contributed by atoms with Crippen molar-refractivity contribution in [3.63, 3.8) is 0 Å². The van der Waals surface area contributed by atoms with Crippen molar-refractivity contribution in [3.05, 3.63) is 71.0 Å². The van der Waals surface area contributed by atoms with Gasteiger partial charge in [0, 0.05) is 22.8 Å². The fourth-order valence-electron chi connectivity index (χ4n) is 2.32. The number of nitrogens with zero attached hydrogens (tertiary/aromatic N) is 2. The Bertz CT molecular complexity index is 1010. The van der Waals surface area contributed by atoms with Crippen LogP contribution in [0.2, 0.25) is 0 Å². The van der Waals surface area contributed by atoms with Gasteiger partial charge in [-0.05, 0) is 40.2 Å². The molecule has 0 aliphatic heterocycles. The zero-order valence-electron chi connectivity index (χ0n) is 13.9. The van der Waals surface area contributed by atoms with E-state index in [9.17, 15) is 8.42 Å². The van der Waals surface area contributed by atoms with Gasteiger partial charge in [-0.3, -0.25) is 4.98 Å². The number of benzene rings is 1. The number of sulfonamides is 1. The Balaban J connectivity index is 1.87. The van der Waals surface area contributed by atoms with Crippen LogP contribution in [-0.2, 0) is 16.6 Å². The van der Waals surface area contributed by atoms with Gasteiger partial charge in [0.2, 0.25) is 10.0 Å². The van der Waals surface area contributed by atoms with Crippen LogP contribution in [0.5, 0.6) is 5.75 Å². The summed E-state index contributed by atoms with van der Waals surface area (Å²) >= 11 is 3.26. The lowest BCUT2D eigenvalue weighted by Crippen LogP contribution is -2.24. The van der Waals surface area contributed by atoms with Crippen LogP contribution in [0.25, 0.3) is 11.4 Å². The highest BCUT2D eigenvalue weighted by Crippen LogP contribution is 2.23. The molecule has 3 aromatic rings. The highest BCUT2D eigenvalue weighted by molar-refractivity contribution is 9.10. The van der Waals surface area contributed by atoms with Crippen LogP contribution in [0.1, 0.15) is 5.69 Å². The molecule has 0 unspecified atom stereocenters. The number of methoxy groups -OCH3 is 1. The summed E-state index contributed by atoms with van der Waals surface area (Å²) in [5, 5.41) is 0. The molecule has 2 heterocycles. The van der Waals surface area contributed by atoms with E-state index in [2.05, 4.69) is 30.6 Å². The maximum absolute atomic E-state index is 12.5. The number of aromatic nitrogens is 2. The molecule has 3 rings (SSSR count). The average molecular weight is 434 g/mol. The first-order valence-corrected chi connectivity index (χ1v) is 9.98. The van der Waals surface area contributed by atoms with E-state index in [1.807, 2.05) is 18.2 Å². The van der Waals surface area contributed by atoms with Gasteiger partial charge in [0.05, 0.1) is 35.6 Å². The van der Waals surface area contributed by atoms with Crippen LogP contribution < -0.4 is 9.46 Å². The third-order valence-electron chi connectivity index (χ3n) is 3.58. The molecule has 0 saturated carbocycles. The summed E-state index contributed by atoms with van der Waals surface area (Å²) in [6.07, 6.45) is 1.67. The zero-order valence-corrected chi connectivity index (χ0v) is 16.3. The van der Waals surface area contributed by atoms with Crippen molar-refractivity contribution >= 4 is 26.0 Å². The van der Waals surface area contributed by atoms with Crippen molar-refractivity contribution in [1.82, 2.24) is 14.7 Å². The standard InChI is InChI=1S/C18H16BrN3O3S/c1-25-14-10-13(22-17(11-14)16-7-4-5-9-20-16)12-21-26(23,24)18-8-3-2-6-15(18)19/h2-11,21H,12H2,1H3. The average Bonchev–Trinajstić information content (AvgIpc) is 2.67. The number of halogens is 1. The molecule has 6 nitrogen and oxygen atoms in total. The molecular weight excluding hydrogens is 418 g/mol. The Morgan fingerprint density at radius 2 is 1.85 bits per heavy atom. The van der Waals surface area contributed by atoms with E-state index in [0.29, 0.717) is 27.3 Å². The van der Waals surface area contributed by atoms with E-state index >= 15 is 0 Å². The van der Waals surface area contributed by atoms with Gasteiger partial charge in [0.15, 0.2) is 0 Å². The molecule has 0 spiro atoms. The van der Waals surface area contributed by atoms with E-state index in [4.69, 9.17) is 4.74 Å². The molecule has 0 bridgehead atoms. The van der Waals surface area contributed by atoms with Gasteiger partial charge in [0.25, 0.3) is 0 Å². The Kier molecular flexibility index (Phi) is 5.65. The van der Waals surface area contributed by atoms with Crippen molar-refractivity contribution in [2.24, 2.45) is 0 Å². The summed E-state index contributed by atoms with van der Waals surface area (Å²) < 4.78 is 33.4. The second-order valence-electron chi connectivity index (χ2n) is 5.35. The number of nitrogens with one attached hydrogen (secondary N) is 1. The smallest absolute Gasteiger partial charge is 0.242 e. The molecular formula is C18H16BrN3O3S. The minimum Gasteiger partial charge on any atom is -0.497 e. The van der Waals surface area contributed by atoms with E-state index in [0.717, 1.165) is 0 Å². The molecule has 0 aliphatic carbocycles. The predicted molar refractivity (Wildman–Crippen MR) is 102 cm³/mol. The fourth-order valence-corrected chi connectivity index (χ4v) is 4.32. The normalized spacial score (nSPS) is 11.3. The molecule has 0 fully saturated rings. The number of hydrogen-bond donors (Lipinski definition) is 1. The zero-order chi connectivity index (χ0) is 18.6. The summed E-state index contributed by atoms with van der Waals surface area (Å²) in [6, 6.07) is 15.6. The number of rotatable bonds is 6. The van der Waals surface area contributed by atoms with Crippen LogP contribution >= 0.6 is 15.9 Å². The lowest BCUT2D eigenvalue weighted by atomic mass is 10.2. The van der Waals surface area contributed by atoms with E-state index in [-0.39, 0.29) is 11.4 Å². The molecule has 0 saturated heterocycles. The fraction of sp³-hybridized carbons (Fsp3) is 0.111. The first-order valence-electron chi connectivity index (χ1n) is 7.70. The van der Waals surface area contributed by atoms with Crippen LogP contribution in [0.4, 0.5) is 0 Å². The number of pyridine rings is 2. The first kappa shape index (κ1) is 18.5. The Morgan fingerprint density at radius 3 is 2.54 bits per heavy atom. The predicted octanol–water partition coefficient (Wildman–Crippen LogP) is 3.39. The second-order valence-corrected chi connectivity index (χ2v) is 7.94. The number of ether oxygens (including phenoxy) is 1. The summed E-state index contributed by atoms with van der Waals surface area (Å²) in [6.45, 7) is 0.0285. The van der Waals surface area contributed by atoms with Crippen LogP contribution in [0.3, 0.4) is 0 Å². The molecule has 134 valence electrons. The number of hydrogen-bond acceptors (Lipinski definition) is 5. The van der Waals surface area contributed by atoms with Crippen LogP contribution in [-0.4, -0.2) is 25.5 Å². The summed E-state index contributed by atoms with van der Waals surface area (Å²) in [7, 11) is -2.13. The first-order chi connectivity index (χ1) is 12.5. The van der Waals surface area contributed by atoms with E-state index in [1.165, 1.54) is 6.07 Å². The van der Waals surface area contributed by atoms with Gasteiger partial charge in [-0.25, -0.2) is 18.1 Å². The molecule has 1 aromatic carbocycles. The van der Waals surface area contributed by atoms with Crippen molar-refractivity contribution < 1.29 is 13.2 Å². The monoisotopic (exact) mass is 433 g/mol. The molecule has 0 radical (unpaired) electrons. The molecule has 1 N–H and O–H groups in total. The maximum atomic E-state index is 12.5. The van der Waals surface area contributed by atoms with Gasteiger partial charge >= 0.3 is 0 Å². The lowest BCUT2D eigenvalue weighted by molar-refractivity contribution is 0.413. The minimum absolute atomic E-state index is 0.0285. The van der Waals surface area contributed by atoms with Crippen molar-refractivity contribution in [2.45, 2.75) is 11.4 Å². The van der Waals surface area contributed by atoms with Crippen molar-refractivity contribution in [3.8, 4) is 17.1 Å². The second kappa shape index (κ2) is 7.94. The van der Waals surface area contributed by atoms with Crippen LogP contribution in [0, 0.1) is 0 Å². The molecule has 0 atom stereocenters. The lowest BCUT2D eigenvalue weighted by Gasteiger charge is -2.10. The van der Waals surface area contributed by atoms with E-state index < -0.39 is 10.0 Å². The van der Waals surface area contributed by atoms with E-state index in [1.54, 1.807) is 43.6 Å². The summed E-state index contributed by atoms with van der Waals surface area (Å²) in [5.41, 5.74) is 1.82. The third kappa shape index (κ3) is 4.27.